The van der Waals surface area contributed by atoms with E-state index < -0.39 is 12.3 Å². The molecule has 0 aromatic heterocycles. The molecule has 0 radical (unpaired) electrons. The summed E-state index contributed by atoms with van der Waals surface area (Å²) in [6.07, 6.45) is -0.627. The number of amides is 1. The third-order valence-electron chi connectivity index (χ3n) is 2.27. The fourth-order valence-corrected chi connectivity index (χ4v) is 1.47. The predicted octanol–water partition coefficient (Wildman–Crippen LogP) is 0.606. The molecular weight excluding hydrogens is 258 g/mol. The van der Waals surface area contributed by atoms with E-state index in [0.29, 0.717) is 6.61 Å². The Labute approximate surface area is 122 Å². The Balaban J connectivity index is 4.64. The van der Waals surface area contributed by atoms with E-state index in [1.165, 1.54) is 0 Å². The fourth-order valence-electron chi connectivity index (χ4n) is 1.47. The molecule has 20 heavy (non-hydrogen) atoms. The van der Waals surface area contributed by atoms with E-state index in [1.807, 2.05) is 41.5 Å². The van der Waals surface area contributed by atoms with Gasteiger partial charge in [-0.05, 0) is 48.6 Å². The van der Waals surface area contributed by atoms with Crippen LogP contribution >= 0.6 is 0 Å². The van der Waals surface area contributed by atoms with Crippen LogP contribution in [0.4, 0.5) is 0 Å². The summed E-state index contributed by atoms with van der Waals surface area (Å²) in [5, 5.41) is 5.63. The molecule has 0 saturated carbocycles. The van der Waals surface area contributed by atoms with Gasteiger partial charge >= 0.3 is 0 Å². The molecule has 1 amide bonds. The molecule has 0 aromatic carbocycles. The maximum absolute atomic E-state index is 11.7. The Bertz CT molecular complexity index is 295. The molecule has 0 aliphatic heterocycles. The zero-order valence-corrected chi connectivity index (χ0v) is 13.9. The van der Waals surface area contributed by atoms with Crippen LogP contribution in [0.5, 0.6) is 0 Å². The molecule has 4 N–H and O–H groups in total. The molecular formula is C14H31N3O3. The van der Waals surface area contributed by atoms with Crippen molar-refractivity contribution in [2.24, 2.45) is 5.73 Å². The van der Waals surface area contributed by atoms with Crippen molar-refractivity contribution >= 4 is 5.91 Å². The minimum atomic E-state index is -0.627. The standard InChI is InChI=1S/C14H31N3O3/c1-13(2,3)19-9-10(17-11(18)8-16-7)12(15)20-14(4,5)6/h10,12,16H,8-9,15H2,1-7H3,(H,17,18). The highest BCUT2D eigenvalue weighted by Crippen LogP contribution is 2.13. The summed E-state index contributed by atoms with van der Waals surface area (Å²) in [5.41, 5.74) is 5.36. The maximum atomic E-state index is 11.7. The number of carbonyl (C=O) groups excluding carboxylic acids is 1. The van der Waals surface area contributed by atoms with Crippen LogP contribution in [0, 0.1) is 0 Å². The van der Waals surface area contributed by atoms with Crippen LogP contribution in [0.15, 0.2) is 0 Å². The van der Waals surface area contributed by atoms with Gasteiger partial charge < -0.3 is 25.8 Å². The molecule has 2 atom stereocenters. The van der Waals surface area contributed by atoms with Crippen LogP contribution < -0.4 is 16.4 Å². The molecule has 2 unspecified atom stereocenters. The van der Waals surface area contributed by atoms with Crippen LogP contribution in [-0.4, -0.2) is 49.6 Å². The van der Waals surface area contributed by atoms with Gasteiger partial charge in [-0.2, -0.15) is 0 Å². The van der Waals surface area contributed by atoms with Gasteiger partial charge in [0.2, 0.25) is 5.91 Å². The van der Waals surface area contributed by atoms with E-state index in [0.717, 1.165) is 0 Å². The van der Waals surface area contributed by atoms with E-state index in [4.69, 9.17) is 15.2 Å². The third kappa shape index (κ3) is 10.1. The lowest BCUT2D eigenvalue weighted by molar-refractivity contribution is -0.128. The third-order valence-corrected chi connectivity index (χ3v) is 2.27. The topological polar surface area (TPSA) is 85.6 Å². The Morgan fingerprint density at radius 1 is 1.15 bits per heavy atom. The van der Waals surface area contributed by atoms with Gasteiger partial charge in [0.1, 0.15) is 6.23 Å². The smallest absolute Gasteiger partial charge is 0.234 e. The summed E-state index contributed by atoms with van der Waals surface area (Å²) < 4.78 is 11.4. The highest BCUT2D eigenvalue weighted by Gasteiger charge is 2.27. The first kappa shape index (κ1) is 19.3. The minimum Gasteiger partial charge on any atom is -0.374 e. The molecule has 0 saturated heterocycles. The quantitative estimate of drug-likeness (QED) is 0.598. The molecule has 6 nitrogen and oxygen atoms in total. The molecule has 0 aliphatic rings. The highest BCUT2D eigenvalue weighted by molar-refractivity contribution is 5.78. The first-order valence-corrected chi connectivity index (χ1v) is 6.96. The van der Waals surface area contributed by atoms with Gasteiger partial charge in [-0.15, -0.1) is 0 Å². The first-order valence-electron chi connectivity index (χ1n) is 6.96. The van der Waals surface area contributed by atoms with Crippen LogP contribution in [0.3, 0.4) is 0 Å². The zero-order chi connectivity index (χ0) is 16.0. The molecule has 0 heterocycles. The van der Waals surface area contributed by atoms with Crippen molar-refractivity contribution in [3.63, 3.8) is 0 Å². The predicted molar refractivity (Wildman–Crippen MR) is 80.4 cm³/mol. The molecule has 6 heteroatoms. The van der Waals surface area contributed by atoms with Crippen molar-refractivity contribution in [3.05, 3.63) is 0 Å². The van der Waals surface area contributed by atoms with Crippen LogP contribution in [-0.2, 0) is 14.3 Å². The lowest BCUT2D eigenvalue weighted by Crippen LogP contribution is -2.55. The SMILES string of the molecule is CNCC(=O)NC(COC(C)(C)C)C(N)OC(C)(C)C. The molecule has 0 aromatic rings. The summed E-state index contributed by atoms with van der Waals surface area (Å²) in [6.45, 7) is 12.2. The average molecular weight is 289 g/mol. The van der Waals surface area contributed by atoms with E-state index in [1.54, 1.807) is 7.05 Å². The number of hydrogen-bond donors (Lipinski definition) is 3. The van der Waals surface area contributed by atoms with Gasteiger partial charge in [0, 0.05) is 0 Å². The summed E-state index contributed by atoms with van der Waals surface area (Å²) in [6, 6.07) is -0.394. The summed E-state index contributed by atoms with van der Waals surface area (Å²) >= 11 is 0. The summed E-state index contributed by atoms with van der Waals surface area (Å²) in [7, 11) is 1.71. The van der Waals surface area contributed by atoms with Crippen molar-refractivity contribution in [3.8, 4) is 0 Å². The number of hydrogen-bond acceptors (Lipinski definition) is 5. The van der Waals surface area contributed by atoms with Crippen molar-refractivity contribution in [2.45, 2.75) is 65.0 Å². The van der Waals surface area contributed by atoms with Crippen LogP contribution in [0.1, 0.15) is 41.5 Å². The van der Waals surface area contributed by atoms with Crippen molar-refractivity contribution < 1.29 is 14.3 Å². The maximum Gasteiger partial charge on any atom is 0.234 e. The van der Waals surface area contributed by atoms with Crippen LogP contribution in [0.25, 0.3) is 0 Å². The van der Waals surface area contributed by atoms with Crippen LogP contribution in [0.2, 0.25) is 0 Å². The number of nitrogens with two attached hydrogens (primary N) is 1. The average Bonchev–Trinajstić information content (AvgIpc) is 2.20. The van der Waals surface area contributed by atoms with Crippen molar-refractivity contribution in [2.75, 3.05) is 20.2 Å². The lowest BCUT2D eigenvalue weighted by atomic mass is 10.1. The Kier molecular flexibility index (Phi) is 7.65. The van der Waals surface area contributed by atoms with Gasteiger partial charge in [0.15, 0.2) is 0 Å². The second-order valence-corrected chi connectivity index (χ2v) is 6.82. The highest BCUT2D eigenvalue weighted by atomic mass is 16.5. The van der Waals surface area contributed by atoms with Crippen molar-refractivity contribution in [1.29, 1.82) is 0 Å². The van der Waals surface area contributed by atoms with Gasteiger partial charge in [-0.25, -0.2) is 0 Å². The summed E-state index contributed by atoms with van der Waals surface area (Å²) in [4.78, 5) is 11.7. The largest absolute Gasteiger partial charge is 0.374 e. The number of likely N-dealkylation sites (N-methyl/N-ethyl adjacent to an activating group) is 1. The minimum absolute atomic E-state index is 0.136. The van der Waals surface area contributed by atoms with Crippen molar-refractivity contribution in [1.82, 2.24) is 10.6 Å². The van der Waals surface area contributed by atoms with E-state index in [2.05, 4.69) is 10.6 Å². The molecule has 0 rings (SSSR count). The second-order valence-electron chi connectivity index (χ2n) is 6.82. The number of carbonyl (C=O) groups is 1. The van der Waals surface area contributed by atoms with E-state index >= 15 is 0 Å². The first-order chi connectivity index (χ1) is 8.94. The molecule has 0 bridgehead atoms. The Morgan fingerprint density at radius 3 is 2.10 bits per heavy atom. The van der Waals surface area contributed by atoms with E-state index in [-0.39, 0.29) is 23.7 Å². The fraction of sp³-hybridized carbons (Fsp3) is 0.929. The molecule has 0 fully saturated rings. The molecule has 0 spiro atoms. The second kappa shape index (κ2) is 7.93. The Hall–Kier alpha value is -0.690. The normalized spacial score (nSPS) is 15.8. The monoisotopic (exact) mass is 289 g/mol. The number of nitrogens with one attached hydrogen (secondary N) is 2. The van der Waals surface area contributed by atoms with E-state index in [9.17, 15) is 4.79 Å². The number of ether oxygens (including phenoxy) is 2. The van der Waals surface area contributed by atoms with Gasteiger partial charge in [-0.3, -0.25) is 4.79 Å². The lowest BCUT2D eigenvalue weighted by Gasteiger charge is -2.32. The van der Waals surface area contributed by atoms with Gasteiger partial charge in [0.25, 0.3) is 0 Å². The van der Waals surface area contributed by atoms with Gasteiger partial charge in [-0.1, -0.05) is 0 Å². The molecule has 0 aliphatic carbocycles. The molecule has 120 valence electrons. The van der Waals surface area contributed by atoms with Gasteiger partial charge in [0.05, 0.1) is 30.4 Å². The zero-order valence-electron chi connectivity index (χ0n) is 13.9. The number of rotatable bonds is 7. The summed E-state index contributed by atoms with van der Waals surface area (Å²) in [5.74, 6) is -0.136. The Morgan fingerprint density at radius 2 is 1.70 bits per heavy atom.